The predicted octanol–water partition coefficient (Wildman–Crippen LogP) is 6.49. The first kappa shape index (κ1) is 23.4. The van der Waals surface area contributed by atoms with E-state index in [-0.39, 0.29) is 11.2 Å². The number of rotatable bonds is 8. The SMILES string of the molecule is CCn1c(CNc2cc(Cl)ccc2Cl)nnc1S[C@@H](C)C(=O)Nc1cccc2ccccc12. The Morgan fingerprint density at radius 2 is 1.85 bits per heavy atom. The molecule has 0 radical (unpaired) electrons. The van der Waals surface area contributed by atoms with Crippen molar-refractivity contribution in [3.8, 4) is 0 Å². The summed E-state index contributed by atoms with van der Waals surface area (Å²) in [5.74, 6) is 0.657. The van der Waals surface area contributed by atoms with Gasteiger partial charge in [-0.2, -0.15) is 0 Å². The van der Waals surface area contributed by atoms with Gasteiger partial charge in [-0.15, -0.1) is 10.2 Å². The van der Waals surface area contributed by atoms with Crippen molar-refractivity contribution in [2.45, 2.75) is 37.3 Å². The van der Waals surface area contributed by atoms with E-state index in [0.717, 1.165) is 28.0 Å². The highest BCUT2D eigenvalue weighted by Crippen LogP contribution is 2.28. The number of halogens is 2. The summed E-state index contributed by atoms with van der Waals surface area (Å²) in [5.41, 5.74) is 1.53. The maximum absolute atomic E-state index is 12.9. The van der Waals surface area contributed by atoms with E-state index in [4.69, 9.17) is 23.2 Å². The van der Waals surface area contributed by atoms with Crippen LogP contribution in [0.1, 0.15) is 19.7 Å². The molecule has 2 N–H and O–H groups in total. The van der Waals surface area contributed by atoms with Crippen LogP contribution in [0.5, 0.6) is 0 Å². The van der Waals surface area contributed by atoms with Gasteiger partial charge < -0.3 is 15.2 Å². The molecule has 4 aromatic rings. The zero-order chi connectivity index (χ0) is 23.4. The van der Waals surface area contributed by atoms with Crippen molar-refractivity contribution in [3.05, 3.63) is 76.5 Å². The summed E-state index contributed by atoms with van der Waals surface area (Å²) in [6.45, 7) is 4.99. The Kier molecular flexibility index (Phi) is 7.42. The number of carbonyl (C=O) groups is 1. The average Bonchev–Trinajstić information content (AvgIpc) is 3.21. The molecule has 0 unspecified atom stereocenters. The van der Waals surface area contributed by atoms with Crippen LogP contribution < -0.4 is 10.6 Å². The standard InChI is InChI=1S/C24H23Cl2N5OS/c1-3-31-22(14-27-21-13-17(25)11-12-19(21)26)29-30-24(31)33-15(2)23(32)28-20-10-6-8-16-7-4-5-9-18(16)20/h4-13,15,27H,3,14H2,1-2H3,(H,28,32)/t15-/m0/s1. The number of fused-ring (bicyclic) bond motifs is 1. The largest absolute Gasteiger partial charge is 0.376 e. The fraction of sp³-hybridized carbons (Fsp3) is 0.208. The van der Waals surface area contributed by atoms with E-state index >= 15 is 0 Å². The third-order valence-corrected chi connectivity index (χ3v) is 6.82. The maximum Gasteiger partial charge on any atom is 0.237 e. The minimum atomic E-state index is -0.360. The van der Waals surface area contributed by atoms with E-state index < -0.39 is 0 Å². The zero-order valence-corrected chi connectivity index (χ0v) is 20.5. The molecular formula is C24H23Cl2N5OS. The number of amides is 1. The van der Waals surface area contributed by atoms with Crippen molar-refractivity contribution < 1.29 is 4.79 Å². The minimum absolute atomic E-state index is 0.0904. The monoisotopic (exact) mass is 499 g/mol. The summed E-state index contributed by atoms with van der Waals surface area (Å²) in [4.78, 5) is 12.9. The van der Waals surface area contributed by atoms with Gasteiger partial charge in [-0.25, -0.2) is 0 Å². The molecule has 0 aliphatic carbocycles. The number of benzene rings is 3. The van der Waals surface area contributed by atoms with Crippen LogP contribution in [-0.4, -0.2) is 25.9 Å². The lowest BCUT2D eigenvalue weighted by Gasteiger charge is -2.14. The van der Waals surface area contributed by atoms with Gasteiger partial charge in [0.2, 0.25) is 5.91 Å². The van der Waals surface area contributed by atoms with Gasteiger partial charge in [-0.3, -0.25) is 4.79 Å². The summed E-state index contributed by atoms with van der Waals surface area (Å²) in [5, 5.41) is 18.5. The van der Waals surface area contributed by atoms with Crippen molar-refractivity contribution >= 4 is 63.0 Å². The second-order valence-corrected chi connectivity index (χ2v) is 9.55. The van der Waals surface area contributed by atoms with E-state index in [2.05, 4.69) is 20.8 Å². The number of hydrogen-bond donors (Lipinski definition) is 2. The van der Waals surface area contributed by atoms with Gasteiger partial charge >= 0.3 is 0 Å². The Balaban J connectivity index is 1.44. The first-order valence-electron chi connectivity index (χ1n) is 10.5. The fourth-order valence-electron chi connectivity index (χ4n) is 3.44. The average molecular weight is 500 g/mol. The molecule has 0 bridgehead atoms. The fourth-order valence-corrected chi connectivity index (χ4v) is 4.73. The molecule has 0 spiro atoms. The quantitative estimate of drug-likeness (QED) is 0.271. The highest BCUT2D eigenvalue weighted by Gasteiger charge is 2.20. The molecule has 0 saturated carbocycles. The highest BCUT2D eigenvalue weighted by atomic mass is 35.5. The first-order chi connectivity index (χ1) is 16.0. The molecule has 4 rings (SSSR count). The van der Waals surface area contributed by atoms with Gasteiger partial charge in [0.05, 0.1) is 22.5 Å². The summed E-state index contributed by atoms with van der Waals surface area (Å²) in [6, 6.07) is 19.1. The predicted molar refractivity (Wildman–Crippen MR) is 137 cm³/mol. The van der Waals surface area contributed by atoms with E-state index in [1.807, 2.05) is 60.9 Å². The first-order valence-corrected chi connectivity index (χ1v) is 12.2. The van der Waals surface area contributed by atoms with Crippen molar-refractivity contribution in [2.24, 2.45) is 0 Å². The number of anilines is 2. The molecule has 33 heavy (non-hydrogen) atoms. The van der Waals surface area contributed by atoms with Gasteiger partial charge in [0.25, 0.3) is 0 Å². The molecular weight excluding hydrogens is 477 g/mol. The van der Waals surface area contributed by atoms with Gasteiger partial charge in [-0.05, 0) is 43.5 Å². The molecule has 1 heterocycles. The Hall–Kier alpha value is -2.74. The third-order valence-electron chi connectivity index (χ3n) is 5.17. The van der Waals surface area contributed by atoms with Crippen molar-refractivity contribution in [1.82, 2.24) is 14.8 Å². The van der Waals surface area contributed by atoms with Crippen LogP contribution in [0.25, 0.3) is 10.8 Å². The Morgan fingerprint density at radius 3 is 2.67 bits per heavy atom. The molecule has 1 amide bonds. The summed E-state index contributed by atoms with van der Waals surface area (Å²) < 4.78 is 1.98. The lowest BCUT2D eigenvalue weighted by molar-refractivity contribution is -0.115. The van der Waals surface area contributed by atoms with Crippen LogP contribution in [0, 0.1) is 0 Å². The summed E-state index contributed by atoms with van der Waals surface area (Å²) in [6.07, 6.45) is 0. The van der Waals surface area contributed by atoms with E-state index in [1.54, 1.807) is 18.2 Å². The molecule has 0 aliphatic heterocycles. The second kappa shape index (κ2) is 10.5. The number of nitrogens with zero attached hydrogens (tertiary/aromatic N) is 3. The molecule has 0 saturated heterocycles. The lowest BCUT2D eigenvalue weighted by Crippen LogP contribution is -2.23. The zero-order valence-electron chi connectivity index (χ0n) is 18.2. The minimum Gasteiger partial charge on any atom is -0.376 e. The van der Waals surface area contributed by atoms with E-state index in [0.29, 0.717) is 28.3 Å². The molecule has 0 fully saturated rings. The van der Waals surface area contributed by atoms with E-state index in [1.165, 1.54) is 11.8 Å². The van der Waals surface area contributed by atoms with E-state index in [9.17, 15) is 4.79 Å². The lowest BCUT2D eigenvalue weighted by atomic mass is 10.1. The Labute approximate surface area is 206 Å². The van der Waals surface area contributed by atoms with Crippen LogP contribution in [0.15, 0.2) is 65.8 Å². The smallest absolute Gasteiger partial charge is 0.237 e. The number of carbonyl (C=O) groups excluding carboxylic acids is 1. The van der Waals surface area contributed by atoms with Crippen LogP contribution in [0.3, 0.4) is 0 Å². The topological polar surface area (TPSA) is 71.8 Å². The van der Waals surface area contributed by atoms with Crippen molar-refractivity contribution in [1.29, 1.82) is 0 Å². The van der Waals surface area contributed by atoms with Crippen LogP contribution >= 0.6 is 35.0 Å². The van der Waals surface area contributed by atoms with Crippen molar-refractivity contribution in [3.63, 3.8) is 0 Å². The van der Waals surface area contributed by atoms with Crippen LogP contribution in [-0.2, 0) is 17.9 Å². The normalized spacial score (nSPS) is 12.0. The Bertz CT molecular complexity index is 1290. The van der Waals surface area contributed by atoms with Gasteiger partial charge in [0.15, 0.2) is 11.0 Å². The van der Waals surface area contributed by atoms with Crippen LogP contribution in [0.2, 0.25) is 10.0 Å². The number of hydrogen-bond acceptors (Lipinski definition) is 5. The number of thioether (sulfide) groups is 1. The van der Waals surface area contributed by atoms with Gasteiger partial charge in [-0.1, -0.05) is 71.4 Å². The molecule has 6 nitrogen and oxygen atoms in total. The molecule has 170 valence electrons. The highest BCUT2D eigenvalue weighted by molar-refractivity contribution is 8.00. The summed E-state index contributed by atoms with van der Waals surface area (Å²) in [7, 11) is 0. The van der Waals surface area contributed by atoms with Crippen LogP contribution in [0.4, 0.5) is 11.4 Å². The summed E-state index contributed by atoms with van der Waals surface area (Å²) >= 11 is 13.7. The van der Waals surface area contributed by atoms with Gasteiger partial charge in [0, 0.05) is 22.6 Å². The molecule has 0 aliphatic rings. The molecule has 1 aromatic heterocycles. The Morgan fingerprint density at radius 1 is 1.06 bits per heavy atom. The molecule has 3 aromatic carbocycles. The molecule has 1 atom stereocenters. The van der Waals surface area contributed by atoms with Gasteiger partial charge in [0.1, 0.15) is 0 Å². The molecule has 9 heteroatoms. The third kappa shape index (κ3) is 5.43. The number of nitrogens with one attached hydrogen (secondary N) is 2. The number of aromatic nitrogens is 3. The van der Waals surface area contributed by atoms with Crippen molar-refractivity contribution in [2.75, 3.05) is 10.6 Å². The maximum atomic E-state index is 12.9. The second-order valence-electron chi connectivity index (χ2n) is 7.40.